The number of benzene rings is 1. The molecule has 0 aliphatic carbocycles. The maximum atomic E-state index is 11.5. The third-order valence-corrected chi connectivity index (χ3v) is 2.88. The van der Waals surface area contributed by atoms with Gasteiger partial charge in [-0.05, 0) is 31.0 Å². The number of amides is 1. The molecule has 1 aromatic carbocycles. The molecule has 86 valence electrons. The Balaban J connectivity index is 2.30. The van der Waals surface area contributed by atoms with Crippen LogP contribution < -0.4 is 21.9 Å². The zero-order valence-corrected chi connectivity index (χ0v) is 9.07. The molecular formula is C11H16N4O. The Morgan fingerprint density at radius 1 is 1.31 bits per heavy atom. The van der Waals surface area contributed by atoms with E-state index < -0.39 is 0 Å². The number of nitrogen functional groups attached to an aromatic ring is 2. The Morgan fingerprint density at radius 2 is 2.00 bits per heavy atom. The van der Waals surface area contributed by atoms with E-state index in [4.69, 9.17) is 11.6 Å². The first kappa shape index (κ1) is 10.8. The van der Waals surface area contributed by atoms with Crippen LogP contribution in [0.3, 0.4) is 0 Å². The number of rotatable bonds is 2. The Kier molecular flexibility index (Phi) is 2.96. The SMILES string of the molecule is NNC(=O)c1cc(N2CCCC2)ccc1N. The molecule has 1 aliphatic rings. The maximum absolute atomic E-state index is 11.5. The van der Waals surface area contributed by atoms with Crippen LogP contribution in [-0.4, -0.2) is 19.0 Å². The standard InChI is InChI=1S/C11H16N4O/c12-10-4-3-8(15-5-1-2-6-15)7-9(10)11(16)14-13/h3-4,7H,1-2,5-6,12-13H2,(H,14,16). The first-order valence-corrected chi connectivity index (χ1v) is 5.38. The topological polar surface area (TPSA) is 84.4 Å². The van der Waals surface area contributed by atoms with Gasteiger partial charge in [0, 0.05) is 24.5 Å². The summed E-state index contributed by atoms with van der Waals surface area (Å²) in [7, 11) is 0. The fraction of sp³-hybridized carbons (Fsp3) is 0.364. The van der Waals surface area contributed by atoms with Crippen LogP contribution in [0, 0.1) is 0 Å². The Bertz CT molecular complexity index is 399. The normalized spacial score (nSPS) is 15.2. The number of carbonyl (C=O) groups is 1. The van der Waals surface area contributed by atoms with Gasteiger partial charge in [-0.15, -0.1) is 0 Å². The molecule has 1 amide bonds. The van der Waals surface area contributed by atoms with E-state index in [0.29, 0.717) is 11.3 Å². The molecular weight excluding hydrogens is 204 g/mol. The highest BCUT2D eigenvalue weighted by molar-refractivity contribution is 5.99. The van der Waals surface area contributed by atoms with E-state index in [0.717, 1.165) is 18.8 Å². The van der Waals surface area contributed by atoms with E-state index >= 15 is 0 Å². The second-order valence-corrected chi connectivity index (χ2v) is 3.94. The molecule has 0 aromatic heterocycles. The van der Waals surface area contributed by atoms with Gasteiger partial charge in [-0.1, -0.05) is 0 Å². The van der Waals surface area contributed by atoms with E-state index in [-0.39, 0.29) is 5.91 Å². The number of nitrogens with zero attached hydrogens (tertiary/aromatic N) is 1. The molecule has 16 heavy (non-hydrogen) atoms. The van der Waals surface area contributed by atoms with Gasteiger partial charge in [0.2, 0.25) is 0 Å². The highest BCUT2D eigenvalue weighted by Gasteiger charge is 2.15. The molecule has 1 aromatic rings. The smallest absolute Gasteiger partial charge is 0.267 e. The molecule has 0 radical (unpaired) electrons. The van der Waals surface area contributed by atoms with Crippen molar-refractivity contribution < 1.29 is 4.79 Å². The van der Waals surface area contributed by atoms with E-state index in [1.807, 2.05) is 6.07 Å². The van der Waals surface area contributed by atoms with Gasteiger partial charge >= 0.3 is 0 Å². The highest BCUT2D eigenvalue weighted by Crippen LogP contribution is 2.24. The van der Waals surface area contributed by atoms with Crippen LogP contribution in [0.2, 0.25) is 0 Å². The molecule has 0 saturated carbocycles. The van der Waals surface area contributed by atoms with Crippen molar-refractivity contribution >= 4 is 17.3 Å². The summed E-state index contributed by atoms with van der Waals surface area (Å²) in [5.74, 6) is 4.76. The average molecular weight is 220 g/mol. The van der Waals surface area contributed by atoms with Gasteiger partial charge in [0.05, 0.1) is 5.56 Å². The summed E-state index contributed by atoms with van der Waals surface area (Å²) in [5.41, 5.74) is 9.75. The summed E-state index contributed by atoms with van der Waals surface area (Å²) in [5, 5.41) is 0. The number of hydrogen-bond acceptors (Lipinski definition) is 4. The number of hydrogen-bond donors (Lipinski definition) is 3. The summed E-state index contributed by atoms with van der Waals surface area (Å²) in [6, 6.07) is 5.48. The van der Waals surface area contributed by atoms with Crippen LogP contribution >= 0.6 is 0 Å². The Labute approximate surface area is 94.4 Å². The van der Waals surface area contributed by atoms with Gasteiger partial charge in [0.25, 0.3) is 5.91 Å². The van der Waals surface area contributed by atoms with Crippen molar-refractivity contribution in [1.29, 1.82) is 0 Å². The molecule has 0 bridgehead atoms. The molecule has 0 spiro atoms. The van der Waals surface area contributed by atoms with Crippen LogP contribution in [0.4, 0.5) is 11.4 Å². The average Bonchev–Trinajstić information content (AvgIpc) is 2.82. The van der Waals surface area contributed by atoms with Gasteiger partial charge in [-0.25, -0.2) is 5.84 Å². The zero-order chi connectivity index (χ0) is 11.5. The van der Waals surface area contributed by atoms with E-state index in [2.05, 4.69) is 10.3 Å². The molecule has 5 nitrogen and oxygen atoms in total. The largest absolute Gasteiger partial charge is 0.398 e. The zero-order valence-electron chi connectivity index (χ0n) is 9.07. The minimum Gasteiger partial charge on any atom is -0.398 e. The fourth-order valence-corrected chi connectivity index (χ4v) is 1.99. The van der Waals surface area contributed by atoms with Crippen molar-refractivity contribution in [2.24, 2.45) is 5.84 Å². The van der Waals surface area contributed by atoms with Crippen LogP contribution in [0.1, 0.15) is 23.2 Å². The predicted octanol–water partition coefficient (Wildman–Crippen LogP) is 0.472. The molecule has 0 atom stereocenters. The van der Waals surface area contributed by atoms with Crippen molar-refractivity contribution in [3.8, 4) is 0 Å². The van der Waals surface area contributed by atoms with Crippen molar-refractivity contribution in [1.82, 2.24) is 5.43 Å². The monoisotopic (exact) mass is 220 g/mol. The summed E-state index contributed by atoms with van der Waals surface area (Å²) in [4.78, 5) is 13.7. The number of hydrazine groups is 1. The summed E-state index contributed by atoms with van der Waals surface area (Å²) in [6.45, 7) is 2.07. The number of carbonyl (C=O) groups excluding carboxylic acids is 1. The summed E-state index contributed by atoms with van der Waals surface area (Å²) >= 11 is 0. The van der Waals surface area contributed by atoms with Crippen molar-refractivity contribution in [3.63, 3.8) is 0 Å². The minimum absolute atomic E-state index is 0.349. The second-order valence-electron chi connectivity index (χ2n) is 3.94. The number of nitrogens with one attached hydrogen (secondary N) is 1. The first-order valence-electron chi connectivity index (χ1n) is 5.38. The maximum Gasteiger partial charge on any atom is 0.267 e. The van der Waals surface area contributed by atoms with Gasteiger partial charge in [0.1, 0.15) is 0 Å². The van der Waals surface area contributed by atoms with Gasteiger partial charge in [0.15, 0.2) is 0 Å². The fourth-order valence-electron chi connectivity index (χ4n) is 1.99. The molecule has 1 fully saturated rings. The Morgan fingerprint density at radius 3 is 2.62 bits per heavy atom. The third-order valence-electron chi connectivity index (χ3n) is 2.88. The molecule has 0 unspecified atom stereocenters. The van der Waals surface area contributed by atoms with Crippen LogP contribution in [0.25, 0.3) is 0 Å². The number of anilines is 2. The lowest BCUT2D eigenvalue weighted by atomic mass is 10.1. The predicted molar refractivity (Wildman–Crippen MR) is 64.0 cm³/mol. The van der Waals surface area contributed by atoms with E-state index in [1.54, 1.807) is 12.1 Å². The van der Waals surface area contributed by atoms with Gasteiger partial charge in [-0.2, -0.15) is 0 Å². The summed E-state index contributed by atoms with van der Waals surface area (Å²) < 4.78 is 0. The molecule has 5 N–H and O–H groups in total. The highest BCUT2D eigenvalue weighted by atomic mass is 16.2. The molecule has 5 heteroatoms. The summed E-state index contributed by atoms with van der Waals surface area (Å²) in [6.07, 6.45) is 2.39. The lowest BCUT2D eigenvalue weighted by Crippen LogP contribution is -2.31. The third kappa shape index (κ3) is 1.94. The van der Waals surface area contributed by atoms with Crippen molar-refractivity contribution in [3.05, 3.63) is 23.8 Å². The molecule has 2 rings (SSSR count). The molecule has 1 saturated heterocycles. The minimum atomic E-state index is -0.349. The lowest BCUT2D eigenvalue weighted by molar-refractivity contribution is 0.0954. The molecule has 1 heterocycles. The van der Waals surface area contributed by atoms with Crippen molar-refractivity contribution in [2.75, 3.05) is 23.7 Å². The second kappa shape index (κ2) is 4.40. The van der Waals surface area contributed by atoms with Crippen LogP contribution in [0.15, 0.2) is 18.2 Å². The van der Waals surface area contributed by atoms with E-state index in [9.17, 15) is 4.79 Å². The number of nitrogens with two attached hydrogens (primary N) is 2. The molecule has 1 aliphatic heterocycles. The van der Waals surface area contributed by atoms with Gasteiger partial charge in [-0.3, -0.25) is 10.2 Å². The quantitative estimate of drug-likeness (QED) is 0.293. The lowest BCUT2D eigenvalue weighted by Gasteiger charge is -2.18. The van der Waals surface area contributed by atoms with Crippen molar-refractivity contribution in [2.45, 2.75) is 12.8 Å². The van der Waals surface area contributed by atoms with Crippen LogP contribution in [-0.2, 0) is 0 Å². The first-order chi connectivity index (χ1) is 7.72. The Hall–Kier alpha value is -1.75. The van der Waals surface area contributed by atoms with Gasteiger partial charge < -0.3 is 10.6 Å². The van der Waals surface area contributed by atoms with Crippen LogP contribution in [0.5, 0.6) is 0 Å². The van der Waals surface area contributed by atoms with E-state index in [1.165, 1.54) is 12.8 Å².